The van der Waals surface area contributed by atoms with Crippen molar-refractivity contribution in [1.29, 1.82) is 0 Å². The summed E-state index contributed by atoms with van der Waals surface area (Å²) in [6, 6.07) is 15.8. The lowest BCUT2D eigenvalue weighted by molar-refractivity contribution is -0.885. The van der Waals surface area contributed by atoms with Crippen LogP contribution in [-0.2, 0) is 11.3 Å². The Labute approximate surface area is 131 Å². The van der Waals surface area contributed by atoms with E-state index in [-0.39, 0.29) is 5.91 Å². The van der Waals surface area contributed by atoms with Gasteiger partial charge in [-0.2, -0.15) is 0 Å². The number of benzene rings is 2. The number of rotatable bonds is 6. The molecule has 2 aromatic rings. The summed E-state index contributed by atoms with van der Waals surface area (Å²) in [5.41, 5.74) is 3.13. The van der Waals surface area contributed by atoms with Gasteiger partial charge in [0.25, 0.3) is 5.91 Å². The molecule has 1 amide bonds. The van der Waals surface area contributed by atoms with E-state index in [1.54, 1.807) is 7.11 Å². The van der Waals surface area contributed by atoms with Crippen LogP contribution in [0.15, 0.2) is 48.5 Å². The van der Waals surface area contributed by atoms with Gasteiger partial charge in [0.05, 0.1) is 14.2 Å². The Morgan fingerprint density at radius 3 is 2.68 bits per heavy atom. The molecule has 0 aliphatic rings. The van der Waals surface area contributed by atoms with Crippen molar-refractivity contribution in [2.45, 2.75) is 13.5 Å². The van der Waals surface area contributed by atoms with Crippen LogP contribution < -0.4 is 15.0 Å². The van der Waals surface area contributed by atoms with Crippen LogP contribution in [0.2, 0.25) is 0 Å². The summed E-state index contributed by atoms with van der Waals surface area (Å²) in [4.78, 5) is 13.2. The number of hydrogen-bond acceptors (Lipinski definition) is 2. The largest absolute Gasteiger partial charge is 0.497 e. The minimum absolute atomic E-state index is 0.0194. The zero-order chi connectivity index (χ0) is 15.9. The lowest BCUT2D eigenvalue weighted by atomic mass is 10.2. The second-order valence-corrected chi connectivity index (χ2v) is 5.58. The van der Waals surface area contributed by atoms with Gasteiger partial charge in [-0.25, -0.2) is 0 Å². The standard InChI is InChI=1S/C18H22N2O2/c1-14-6-4-8-16(10-14)19-18(21)13-20(2)12-15-7-5-9-17(11-15)22-3/h4-11H,12-13H2,1-3H3,(H,19,21)/p+1. The molecule has 0 heterocycles. The Hall–Kier alpha value is -2.33. The quantitative estimate of drug-likeness (QED) is 0.852. The fourth-order valence-electron chi connectivity index (χ4n) is 2.40. The Morgan fingerprint density at radius 2 is 1.95 bits per heavy atom. The maximum absolute atomic E-state index is 12.1. The van der Waals surface area contributed by atoms with Crippen LogP contribution in [0.3, 0.4) is 0 Å². The summed E-state index contributed by atoms with van der Waals surface area (Å²) < 4.78 is 5.22. The van der Waals surface area contributed by atoms with Crippen molar-refractivity contribution in [2.75, 3.05) is 26.0 Å². The first-order chi connectivity index (χ1) is 10.6. The van der Waals surface area contributed by atoms with Gasteiger partial charge in [-0.3, -0.25) is 4.79 Å². The van der Waals surface area contributed by atoms with Crippen LogP contribution in [0.4, 0.5) is 5.69 Å². The number of ether oxygens (including phenoxy) is 1. The molecule has 0 saturated carbocycles. The summed E-state index contributed by atoms with van der Waals surface area (Å²) >= 11 is 0. The SMILES string of the molecule is COc1cccc(C[NH+](C)CC(=O)Nc2cccc(C)c2)c1. The third kappa shape index (κ3) is 4.90. The average molecular weight is 299 g/mol. The van der Waals surface area contributed by atoms with Crippen molar-refractivity contribution in [2.24, 2.45) is 0 Å². The Balaban J connectivity index is 1.88. The second kappa shape index (κ2) is 7.61. The number of anilines is 1. The van der Waals surface area contributed by atoms with Crippen LogP contribution in [0.5, 0.6) is 5.75 Å². The summed E-state index contributed by atoms with van der Waals surface area (Å²) in [7, 11) is 3.67. The maximum Gasteiger partial charge on any atom is 0.279 e. The van der Waals surface area contributed by atoms with Gasteiger partial charge in [0.2, 0.25) is 0 Å². The highest BCUT2D eigenvalue weighted by molar-refractivity contribution is 5.91. The van der Waals surface area contributed by atoms with Gasteiger partial charge >= 0.3 is 0 Å². The topological polar surface area (TPSA) is 42.8 Å². The monoisotopic (exact) mass is 299 g/mol. The van der Waals surface area contributed by atoms with E-state index < -0.39 is 0 Å². The summed E-state index contributed by atoms with van der Waals surface area (Å²) in [5.74, 6) is 0.862. The zero-order valence-corrected chi connectivity index (χ0v) is 13.3. The van der Waals surface area contributed by atoms with Crippen molar-refractivity contribution in [3.63, 3.8) is 0 Å². The van der Waals surface area contributed by atoms with Crippen LogP contribution in [0.25, 0.3) is 0 Å². The molecule has 0 aromatic heterocycles. The third-order valence-electron chi connectivity index (χ3n) is 3.40. The first-order valence-electron chi connectivity index (χ1n) is 7.37. The van der Waals surface area contributed by atoms with E-state index in [1.807, 2.05) is 62.5 Å². The van der Waals surface area contributed by atoms with Gasteiger partial charge in [-0.15, -0.1) is 0 Å². The number of methoxy groups -OCH3 is 1. The summed E-state index contributed by atoms with van der Waals surface area (Å²) in [6.45, 7) is 3.21. The maximum atomic E-state index is 12.1. The fraction of sp³-hybridized carbons (Fsp3) is 0.278. The van der Waals surface area contributed by atoms with Crippen molar-refractivity contribution in [3.8, 4) is 5.75 Å². The van der Waals surface area contributed by atoms with Crippen molar-refractivity contribution in [1.82, 2.24) is 0 Å². The van der Waals surface area contributed by atoms with Crippen LogP contribution in [-0.4, -0.2) is 26.6 Å². The molecule has 0 saturated heterocycles. The summed E-state index contributed by atoms with van der Waals surface area (Å²) in [6.07, 6.45) is 0. The number of aryl methyl sites for hydroxylation is 1. The molecule has 116 valence electrons. The van der Waals surface area contributed by atoms with Crippen molar-refractivity contribution < 1.29 is 14.4 Å². The van der Waals surface area contributed by atoms with E-state index in [1.165, 1.54) is 0 Å². The Bertz CT molecular complexity index is 640. The number of hydrogen-bond donors (Lipinski definition) is 2. The lowest BCUT2D eigenvalue weighted by Gasteiger charge is -2.14. The molecular weight excluding hydrogens is 276 g/mol. The number of amides is 1. The highest BCUT2D eigenvalue weighted by Gasteiger charge is 2.11. The molecule has 1 atom stereocenters. The molecule has 2 aromatic carbocycles. The molecular formula is C18H23N2O2+. The van der Waals surface area contributed by atoms with E-state index in [4.69, 9.17) is 4.74 Å². The molecule has 2 N–H and O–H groups in total. The number of quaternary nitrogens is 1. The molecule has 22 heavy (non-hydrogen) atoms. The van der Waals surface area contributed by atoms with Crippen LogP contribution >= 0.6 is 0 Å². The van der Waals surface area contributed by atoms with E-state index in [0.29, 0.717) is 6.54 Å². The molecule has 1 unspecified atom stereocenters. The van der Waals surface area contributed by atoms with E-state index >= 15 is 0 Å². The molecule has 4 heteroatoms. The van der Waals surface area contributed by atoms with Crippen molar-refractivity contribution >= 4 is 11.6 Å². The minimum Gasteiger partial charge on any atom is -0.497 e. The molecule has 0 spiro atoms. The zero-order valence-electron chi connectivity index (χ0n) is 13.3. The number of carbonyl (C=O) groups excluding carboxylic acids is 1. The van der Waals surface area contributed by atoms with Gasteiger partial charge in [0.1, 0.15) is 12.3 Å². The molecule has 0 fully saturated rings. The normalized spacial score (nSPS) is 11.8. The van der Waals surface area contributed by atoms with Gasteiger partial charge in [-0.05, 0) is 36.8 Å². The average Bonchev–Trinajstić information content (AvgIpc) is 2.47. The molecule has 0 aliphatic carbocycles. The second-order valence-electron chi connectivity index (χ2n) is 5.58. The molecule has 0 bridgehead atoms. The predicted octanol–water partition coefficient (Wildman–Crippen LogP) is 1.66. The Kier molecular flexibility index (Phi) is 5.55. The number of likely N-dealkylation sites (N-methyl/N-ethyl adjacent to an activating group) is 1. The van der Waals surface area contributed by atoms with Gasteiger partial charge in [-0.1, -0.05) is 24.3 Å². The van der Waals surface area contributed by atoms with Gasteiger partial charge < -0.3 is 15.0 Å². The lowest BCUT2D eigenvalue weighted by Crippen LogP contribution is -3.08. The van der Waals surface area contributed by atoms with Gasteiger partial charge in [0.15, 0.2) is 6.54 Å². The molecule has 4 nitrogen and oxygen atoms in total. The van der Waals surface area contributed by atoms with Crippen LogP contribution in [0, 0.1) is 6.92 Å². The van der Waals surface area contributed by atoms with Crippen LogP contribution in [0.1, 0.15) is 11.1 Å². The first-order valence-corrected chi connectivity index (χ1v) is 7.37. The van der Waals surface area contributed by atoms with E-state index in [2.05, 4.69) is 5.32 Å². The van der Waals surface area contributed by atoms with Crippen molar-refractivity contribution in [3.05, 3.63) is 59.7 Å². The fourth-order valence-corrected chi connectivity index (χ4v) is 2.40. The predicted molar refractivity (Wildman–Crippen MR) is 88.3 cm³/mol. The molecule has 2 rings (SSSR count). The first kappa shape index (κ1) is 16.0. The van der Waals surface area contributed by atoms with E-state index in [0.717, 1.165) is 34.0 Å². The molecule has 0 radical (unpaired) electrons. The highest BCUT2D eigenvalue weighted by Crippen LogP contribution is 2.11. The van der Waals surface area contributed by atoms with Gasteiger partial charge in [0, 0.05) is 11.3 Å². The Morgan fingerprint density at radius 1 is 1.18 bits per heavy atom. The smallest absolute Gasteiger partial charge is 0.279 e. The number of nitrogens with one attached hydrogen (secondary N) is 2. The highest BCUT2D eigenvalue weighted by atomic mass is 16.5. The minimum atomic E-state index is 0.0194. The third-order valence-corrected chi connectivity index (χ3v) is 3.40. The van der Waals surface area contributed by atoms with E-state index in [9.17, 15) is 4.79 Å². The summed E-state index contributed by atoms with van der Waals surface area (Å²) in [5, 5.41) is 2.94. The molecule has 0 aliphatic heterocycles. The number of carbonyl (C=O) groups is 1.